The standard InChI is InChI=1S/C20H34N4O4/c1-19(2,3)16(18(26)21-6)23-17(25)15-13-8-11-28-12-10-24(13)14(22-15)7-9-20(4,5)27/h16,27H,7-12H2,1-6H3,(H,21,26)(H,23,25)/t16-/m1/s1. The molecule has 0 bridgehead atoms. The van der Waals surface area contributed by atoms with Gasteiger partial charge in [-0.15, -0.1) is 0 Å². The first-order valence-corrected chi connectivity index (χ1v) is 9.85. The van der Waals surface area contributed by atoms with Gasteiger partial charge < -0.3 is 25.0 Å². The average Bonchev–Trinajstić information content (AvgIpc) is 2.76. The van der Waals surface area contributed by atoms with Gasteiger partial charge in [0.05, 0.1) is 24.5 Å². The summed E-state index contributed by atoms with van der Waals surface area (Å²) < 4.78 is 7.60. The zero-order valence-corrected chi connectivity index (χ0v) is 17.9. The number of aromatic nitrogens is 2. The van der Waals surface area contributed by atoms with Crippen LogP contribution in [0.1, 0.15) is 63.0 Å². The number of ether oxygens (including phenoxy) is 1. The summed E-state index contributed by atoms with van der Waals surface area (Å²) in [6, 6.07) is -0.677. The van der Waals surface area contributed by atoms with Crippen LogP contribution < -0.4 is 10.6 Å². The molecular weight excluding hydrogens is 360 g/mol. The molecule has 0 fully saturated rings. The van der Waals surface area contributed by atoms with E-state index >= 15 is 0 Å². The first-order valence-electron chi connectivity index (χ1n) is 9.85. The van der Waals surface area contributed by atoms with Crippen molar-refractivity contribution in [1.82, 2.24) is 20.2 Å². The molecule has 0 radical (unpaired) electrons. The number of imidazole rings is 1. The Morgan fingerprint density at radius 3 is 2.50 bits per heavy atom. The summed E-state index contributed by atoms with van der Waals surface area (Å²) in [4.78, 5) is 30.0. The number of nitrogens with zero attached hydrogens (tertiary/aromatic N) is 2. The topological polar surface area (TPSA) is 105 Å². The van der Waals surface area contributed by atoms with Crippen LogP contribution in [-0.4, -0.2) is 58.4 Å². The van der Waals surface area contributed by atoms with E-state index < -0.39 is 17.1 Å². The zero-order valence-electron chi connectivity index (χ0n) is 17.9. The molecule has 8 heteroatoms. The van der Waals surface area contributed by atoms with Crippen molar-refractivity contribution in [1.29, 1.82) is 0 Å². The van der Waals surface area contributed by atoms with Gasteiger partial charge in [-0.05, 0) is 25.7 Å². The molecule has 1 aliphatic heterocycles. The van der Waals surface area contributed by atoms with Crippen molar-refractivity contribution in [3.8, 4) is 0 Å². The monoisotopic (exact) mass is 394 g/mol. The highest BCUT2D eigenvalue weighted by molar-refractivity contribution is 5.97. The van der Waals surface area contributed by atoms with Gasteiger partial charge in [-0.3, -0.25) is 9.59 Å². The maximum absolute atomic E-state index is 13.1. The number of nitrogens with one attached hydrogen (secondary N) is 2. The molecule has 0 aromatic carbocycles. The lowest BCUT2D eigenvalue weighted by atomic mass is 9.86. The fourth-order valence-electron chi connectivity index (χ4n) is 3.29. The number of carbonyl (C=O) groups excluding carboxylic acids is 2. The first kappa shape index (κ1) is 22.4. The third-order valence-corrected chi connectivity index (χ3v) is 4.92. The zero-order chi connectivity index (χ0) is 21.1. The summed E-state index contributed by atoms with van der Waals surface area (Å²) in [5, 5.41) is 15.5. The molecule has 2 amide bonds. The van der Waals surface area contributed by atoms with Crippen LogP contribution in [0.4, 0.5) is 0 Å². The molecule has 0 unspecified atom stereocenters. The molecule has 3 N–H and O–H groups in total. The fourth-order valence-corrected chi connectivity index (χ4v) is 3.29. The quantitative estimate of drug-likeness (QED) is 0.669. The molecular formula is C20H34N4O4. The maximum atomic E-state index is 13.1. The number of aryl methyl sites for hydroxylation is 1. The molecule has 28 heavy (non-hydrogen) atoms. The van der Waals surface area contributed by atoms with E-state index in [0.29, 0.717) is 44.7 Å². The van der Waals surface area contributed by atoms with Gasteiger partial charge in [0.2, 0.25) is 5.91 Å². The van der Waals surface area contributed by atoms with Crippen LogP contribution >= 0.6 is 0 Å². The summed E-state index contributed by atoms with van der Waals surface area (Å²) in [6.07, 6.45) is 1.68. The number of amides is 2. The lowest BCUT2D eigenvalue weighted by Crippen LogP contribution is -2.53. The van der Waals surface area contributed by atoms with Gasteiger partial charge in [-0.25, -0.2) is 4.98 Å². The predicted octanol–water partition coefficient (Wildman–Crippen LogP) is 1.05. The van der Waals surface area contributed by atoms with Gasteiger partial charge in [0.1, 0.15) is 17.6 Å². The van der Waals surface area contributed by atoms with E-state index in [2.05, 4.69) is 15.6 Å². The highest BCUT2D eigenvalue weighted by atomic mass is 16.5. The molecule has 158 valence electrons. The second-order valence-corrected chi connectivity index (χ2v) is 9.04. The van der Waals surface area contributed by atoms with Gasteiger partial charge in [-0.2, -0.15) is 0 Å². The predicted molar refractivity (Wildman–Crippen MR) is 106 cm³/mol. The minimum Gasteiger partial charge on any atom is -0.390 e. The van der Waals surface area contributed by atoms with E-state index in [-0.39, 0.29) is 11.8 Å². The summed E-state index contributed by atoms with van der Waals surface area (Å²) in [6.45, 7) is 10.9. The van der Waals surface area contributed by atoms with Gasteiger partial charge in [-0.1, -0.05) is 20.8 Å². The molecule has 0 saturated heterocycles. The summed E-state index contributed by atoms with van der Waals surface area (Å²) >= 11 is 0. The molecule has 2 heterocycles. The van der Waals surface area contributed by atoms with Crippen molar-refractivity contribution in [2.24, 2.45) is 5.41 Å². The molecule has 0 aliphatic carbocycles. The fraction of sp³-hybridized carbons (Fsp3) is 0.750. The van der Waals surface area contributed by atoms with Crippen molar-refractivity contribution < 1.29 is 19.4 Å². The van der Waals surface area contributed by atoms with E-state index in [1.54, 1.807) is 20.9 Å². The van der Waals surface area contributed by atoms with Gasteiger partial charge in [0.15, 0.2) is 0 Å². The number of carbonyl (C=O) groups is 2. The van der Waals surface area contributed by atoms with Gasteiger partial charge in [0, 0.05) is 26.4 Å². The first-order chi connectivity index (χ1) is 12.9. The lowest BCUT2D eigenvalue weighted by Gasteiger charge is -2.29. The van der Waals surface area contributed by atoms with Crippen molar-refractivity contribution in [2.45, 2.75) is 72.1 Å². The SMILES string of the molecule is CNC(=O)[C@@H](NC(=O)c1nc(CCC(C)(C)O)n2c1CCOCC2)C(C)(C)C. The number of fused-ring (bicyclic) bond motifs is 1. The lowest BCUT2D eigenvalue weighted by molar-refractivity contribution is -0.124. The van der Waals surface area contributed by atoms with E-state index in [1.807, 2.05) is 25.3 Å². The highest BCUT2D eigenvalue weighted by Gasteiger charge is 2.34. The Morgan fingerprint density at radius 1 is 1.25 bits per heavy atom. The molecule has 2 rings (SSSR count). The van der Waals surface area contributed by atoms with Gasteiger partial charge >= 0.3 is 0 Å². The second-order valence-electron chi connectivity index (χ2n) is 9.04. The smallest absolute Gasteiger partial charge is 0.272 e. The largest absolute Gasteiger partial charge is 0.390 e. The molecule has 1 atom stereocenters. The number of hydrogen-bond donors (Lipinski definition) is 3. The summed E-state index contributed by atoms with van der Waals surface area (Å²) in [5.74, 6) is 0.167. The Bertz CT molecular complexity index is 713. The molecule has 0 spiro atoms. The van der Waals surface area contributed by atoms with Crippen molar-refractivity contribution >= 4 is 11.8 Å². The molecule has 1 aliphatic rings. The Balaban J connectivity index is 2.34. The minimum atomic E-state index is -0.813. The number of aliphatic hydroxyl groups is 1. The van der Waals surface area contributed by atoms with Crippen molar-refractivity contribution in [3.05, 3.63) is 17.2 Å². The molecule has 8 nitrogen and oxygen atoms in total. The normalized spacial score (nSPS) is 16.1. The van der Waals surface area contributed by atoms with Crippen LogP contribution in [-0.2, 0) is 28.9 Å². The molecule has 1 aromatic heterocycles. The third-order valence-electron chi connectivity index (χ3n) is 4.92. The van der Waals surface area contributed by atoms with Crippen LogP contribution in [0, 0.1) is 5.41 Å². The van der Waals surface area contributed by atoms with E-state index in [9.17, 15) is 14.7 Å². The Labute approximate surface area is 167 Å². The summed E-state index contributed by atoms with van der Waals surface area (Å²) in [5.41, 5.74) is -0.0917. The number of rotatable bonds is 6. The summed E-state index contributed by atoms with van der Waals surface area (Å²) in [7, 11) is 1.56. The average molecular weight is 395 g/mol. The maximum Gasteiger partial charge on any atom is 0.272 e. The van der Waals surface area contributed by atoms with Crippen molar-refractivity contribution in [3.63, 3.8) is 0 Å². The highest BCUT2D eigenvalue weighted by Crippen LogP contribution is 2.23. The Kier molecular flexibility index (Phi) is 6.88. The minimum absolute atomic E-state index is 0.239. The number of hydrogen-bond acceptors (Lipinski definition) is 5. The van der Waals surface area contributed by atoms with Crippen LogP contribution in [0.25, 0.3) is 0 Å². The molecule has 1 aromatic rings. The van der Waals surface area contributed by atoms with Crippen LogP contribution in [0.5, 0.6) is 0 Å². The number of likely N-dealkylation sites (N-methyl/N-ethyl adjacent to an activating group) is 1. The van der Waals surface area contributed by atoms with Crippen molar-refractivity contribution in [2.75, 3.05) is 20.3 Å². The van der Waals surface area contributed by atoms with Crippen LogP contribution in [0.15, 0.2) is 0 Å². The van der Waals surface area contributed by atoms with Crippen LogP contribution in [0.3, 0.4) is 0 Å². The second kappa shape index (κ2) is 8.61. The Morgan fingerprint density at radius 2 is 1.93 bits per heavy atom. The van der Waals surface area contributed by atoms with E-state index in [4.69, 9.17) is 4.74 Å². The van der Waals surface area contributed by atoms with E-state index in [1.165, 1.54) is 0 Å². The van der Waals surface area contributed by atoms with Crippen LogP contribution in [0.2, 0.25) is 0 Å². The third kappa shape index (κ3) is 5.54. The van der Waals surface area contributed by atoms with Gasteiger partial charge in [0.25, 0.3) is 5.91 Å². The van der Waals surface area contributed by atoms with E-state index in [0.717, 1.165) is 11.5 Å². The molecule has 0 saturated carbocycles. The Hall–Kier alpha value is -1.93.